The third kappa shape index (κ3) is 3.62. The molecule has 1 amide bonds. The van der Waals surface area contributed by atoms with Crippen LogP contribution >= 0.6 is 11.5 Å². The molecule has 0 aliphatic heterocycles. The number of aryl methyl sites for hydroxylation is 1. The molecule has 0 aliphatic rings. The van der Waals surface area contributed by atoms with E-state index in [2.05, 4.69) is 31.8 Å². The molecular weight excluding hydrogens is 322 g/mol. The summed E-state index contributed by atoms with van der Waals surface area (Å²) in [7, 11) is 0. The van der Waals surface area contributed by atoms with Crippen LogP contribution in [-0.4, -0.2) is 25.5 Å². The first-order valence-electron chi connectivity index (χ1n) is 7.73. The summed E-state index contributed by atoms with van der Waals surface area (Å²) in [5.41, 5.74) is 3.53. The Hall–Kier alpha value is -2.67. The molecule has 6 nitrogen and oxygen atoms in total. The maximum atomic E-state index is 12.4. The van der Waals surface area contributed by atoms with Crippen LogP contribution in [0.25, 0.3) is 11.3 Å². The lowest BCUT2D eigenvalue weighted by molar-refractivity contribution is 0.0954. The first kappa shape index (κ1) is 16.2. The molecule has 0 fully saturated rings. The van der Waals surface area contributed by atoms with E-state index in [0.29, 0.717) is 11.4 Å². The topological polar surface area (TPSA) is 80.7 Å². The van der Waals surface area contributed by atoms with Crippen molar-refractivity contribution in [3.8, 4) is 11.3 Å². The second kappa shape index (κ2) is 7.74. The minimum absolute atomic E-state index is 0.141. The Morgan fingerprint density at radius 2 is 2.04 bits per heavy atom. The lowest BCUT2D eigenvalue weighted by Crippen LogP contribution is -2.23. The lowest BCUT2D eigenvalue weighted by atomic mass is 10.1. The molecule has 0 saturated carbocycles. The predicted octanol–water partition coefficient (Wildman–Crippen LogP) is 2.88. The van der Waals surface area contributed by atoms with Crippen LogP contribution in [0, 0.1) is 0 Å². The van der Waals surface area contributed by atoms with Gasteiger partial charge in [-0.15, -0.1) is 5.10 Å². The number of aromatic nitrogens is 4. The molecule has 0 radical (unpaired) electrons. The zero-order valence-corrected chi connectivity index (χ0v) is 14.1. The number of nitrogens with one attached hydrogen (secondary N) is 1. The van der Waals surface area contributed by atoms with Gasteiger partial charge in [-0.3, -0.25) is 14.8 Å². The molecule has 24 heavy (non-hydrogen) atoms. The molecule has 0 saturated heterocycles. The molecule has 1 N–H and O–H groups in total. The second-order valence-corrected chi connectivity index (χ2v) is 5.98. The molecule has 3 aromatic heterocycles. The lowest BCUT2D eigenvalue weighted by Gasteiger charge is -2.09. The summed E-state index contributed by atoms with van der Waals surface area (Å²) in [6.07, 6.45) is 6.89. The third-order valence-corrected chi connectivity index (χ3v) is 4.30. The highest BCUT2D eigenvalue weighted by molar-refractivity contribution is 7.08. The van der Waals surface area contributed by atoms with E-state index < -0.39 is 0 Å². The zero-order chi connectivity index (χ0) is 16.8. The van der Waals surface area contributed by atoms with Gasteiger partial charge in [0.05, 0.1) is 11.4 Å². The van der Waals surface area contributed by atoms with Crippen molar-refractivity contribution in [2.24, 2.45) is 0 Å². The highest BCUT2D eigenvalue weighted by Gasteiger charge is 2.16. The van der Waals surface area contributed by atoms with Crippen molar-refractivity contribution >= 4 is 17.4 Å². The predicted molar refractivity (Wildman–Crippen MR) is 92.5 cm³/mol. The van der Waals surface area contributed by atoms with Gasteiger partial charge in [0.2, 0.25) is 0 Å². The zero-order valence-electron chi connectivity index (χ0n) is 13.3. The minimum Gasteiger partial charge on any atom is -0.347 e. The number of carbonyl (C=O) groups is 1. The molecule has 122 valence electrons. The maximum Gasteiger partial charge on any atom is 0.265 e. The fourth-order valence-electron chi connectivity index (χ4n) is 2.39. The van der Waals surface area contributed by atoms with Gasteiger partial charge in [-0.1, -0.05) is 23.9 Å². The van der Waals surface area contributed by atoms with Crippen molar-refractivity contribution < 1.29 is 4.79 Å². The molecule has 0 aromatic carbocycles. The summed E-state index contributed by atoms with van der Waals surface area (Å²) in [4.78, 5) is 21.5. The van der Waals surface area contributed by atoms with E-state index in [9.17, 15) is 4.79 Å². The molecule has 3 heterocycles. The average Bonchev–Trinajstić information content (AvgIpc) is 3.09. The molecule has 0 bridgehead atoms. The molecule has 0 aliphatic carbocycles. The largest absolute Gasteiger partial charge is 0.347 e. The quantitative estimate of drug-likeness (QED) is 0.747. The first-order chi connectivity index (χ1) is 11.8. The summed E-state index contributed by atoms with van der Waals surface area (Å²) >= 11 is 1.14. The molecule has 3 rings (SSSR count). The Morgan fingerprint density at radius 3 is 2.83 bits per heavy atom. The van der Waals surface area contributed by atoms with E-state index in [-0.39, 0.29) is 5.91 Å². The number of nitrogens with zero attached hydrogens (tertiary/aromatic N) is 4. The van der Waals surface area contributed by atoms with Gasteiger partial charge >= 0.3 is 0 Å². The van der Waals surface area contributed by atoms with E-state index in [1.54, 1.807) is 18.6 Å². The van der Waals surface area contributed by atoms with E-state index in [0.717, 1.165) is 46.9 Å². The van der Waals surface area contributed by atoms with Crippen LogP contribution in [0.2, 0.25) is 0 Å². The molecule has 3 aromatic rings. The number of carbonyl (C=O) groups excluding carboxylic acids is 1. The van der Waals surface area contributed by atoms with Crippen LogP contribution in [0.3, 0.4) is 0 Å². The normalized spacial score (nSPS) is 10.5. The summed E-state index contributed by atoms with van der Waals surface area (Å²) in [5, 5.41) is 6.98. The van der Waals surface area contributed by atoms with Crippen molar-refractivity contribution in [3.05, 3.63) is 59.0 Å². The van der Waals surface area contributed by atoms with Gasteiger partial charge < -0.3 is 5.32 Å². The van der Waals surface area contributed by atoms with Gasteiger partial charge in [0.1, 0.15) is 4.88 Å². The number of rotatable bonds is 6. The molecule has 7 heteroatoms. The highest BCUT2D eigenvalue weighted by Crippen LogP contribution is 2.20. The fourth-order valence-corrected chi connectivity index (χ4v) is 3.01. The molecule has 0 atom stereocenters. The van der Waals surface area contributed by atoms with Crippen LogP contribution in [0.1, 0.15) is 34.3 Å². The van der Waals surface area contributed by atoms with Gasteiger partial charge in [0, 0.05) is 30.7 Å². The van der Waals surface area contributed by atoms with Crippen LogP contribution in [0.15, 0.2) is 42.9 Å². The third-order valence-electron chi connectivity index (χ3n) is 3.53. The number of hydrogen-bond donors (Lipinski definition) is 1. The SMILES string of the molecule is CCCc1nnsc1C(=O)NCc1cccnc1-c1ccncc1. The van der Waals surface area contributed by atoms with Gasteiger partial charge in [-0.25, -0.2) is 0 Å². The van der Waals surface area contributed by atoms with Gasteiger partial charge in [-0.05, 0) is 41.7 Å². The van der Waals surface area contributed by atoms with Crippen molar-refractivity contribution in [2.45, 2.75) is 26.3 Å². The van der Waals surface area contributed by atoms with Crippen molar-refractivity contribution in [1.82, 2.24) is 24.9 Å². The minimum atomic E-state index is -0.141. The summed E-state index contributed by atoms with van der Waals surface area (Å²) in [6.45, 7) is 2.45. The number of pyridine rings is 2. The summed E-state index contributed by atoms with van der Waals surface area (Å²) in [5.74, 6) is -0.141. The summed E-state index contributed by atoms with van der Waals surface area (Å²) < 4.78 is 3.89. The number of hydrogen-bond acceptors (Lipinski definition) is 6. The first-order valence-corrected chi connectivity index (χ1v) is 8.50. The number of amides is 1. The Morgan fingerprint density at radius 1 is 1.21 bits per heavy atom. The smallest absolute Gasteiger partial charge is 0.265 e. The monoisotopic (exact) mass is 339 g/mol. The van der Waals surface area contributed by atoms with Gasteiger partial charge in [0.15, 0.2) is 0 Å². The molecular formula is C17H17N5OS. The van der Waals surface area contributed by atoms with E-state index in [1.165, 1.54) is 0 Å². The van der Waals surface area contributed by atoms with Crippen LogP contribution in [0.5, 0.6) is 0 Å². The summed E-state index contributed by atoms with van der Waals surface area (Å²) in [6, 6.07) is 7.63. The Bertz CT molecular complexity index is 819. The highest BCUT2D eigenvalue weighted by atomic mass is 32.1. The van der Waals surface area contributed by atoms with E-state index >= 15 is 0 Å². The Kier molecular flexibility index (Phi) is 5.22. The second-order valence-electron chi connectivity index (χ2n) is 5.23. The molecule has 0 spiro atoms. The van der Waals surface area contributed by atoms with Crippen molar-refractivity contribution in [2.75, 3.05) is 0 Å². The van der Waals surface area contributed by atoms with Gasteiger partial charge in [0.25, 0.3) is 5.91 Å². The molecule has 0 unspecified atom stereocenters. The van der Waals surface area contributed by atoms with Crippen LogP contribution < -0.4 is 5.32 Å². The van der Waals surface area contributed by atoms with Crippen molar-refractivity contribution in [3.63, 3.8) is 0 Å². The van der Waals surface area contributed by atoms with Gasteiger partial charge in [-0.2, -0.15) is 0 Å². The van der Waals surface area contributed by atoms with Crippen LogP contribution in [0.4, 0.5) is 0 Å². The average molecular weight is 339 g/mol. The van der Waals surface area contributed by atoms with Crippen molar-refractivity contribution in [1.29, 1.82) is 0 Å². The van der Waals surface area contributed by atoms with Crippen LogP contribution in [-0.2, 0) is 13.0 Å². The van der Waals surface area contributed by atoms with E-state index in [4.69, 9.17) is 0 Å². The standard InChI is InChI=1S/C17H17N5OS/c1-2-4-14-16(24-22-21-14)17(23)20-11-13-5-3-8-19-15(13)12-6-9-18-10-7-12/h3,5-10H,2,4,11H2,1H3,(H,20,23). The Balaban J connectivity index is 1.76. The van der Waals surface area contributed by atoms with E-state index in [1.807, 2.05) is 24.3 Å². The fraction of sp³-hybridized carbons (Fsp3) is 0.235. The maximum absolute atomic E-state index is 12.4. The Labute approximate surface area is 144 Å².